The number of phenolic OH excluding ortho intramolecular Hbond substituents is 1. The fourth-order valence-electron chi connectivity index (χ4n) is 5.22. The molecule has 0 fully saturated rings. The van der Waals surface area contributed by atoms with Crippen molar-refractivity contribution in [2.24, 2.45) is 0 Å². The van der Waals surface area contributed by atoms with Crippen molar-refractivity contribution >= 4 is 27.8 Å². The number of aryl methyl sites for hydroxylation is 2. The van der Waals surface area contributed by atoms with Gasteiger partial charge >= 0.3 is 0 Å². The van der Waals surface area contributed by atoms with Crippen molar-refractivity contribution in [3.05, 3.63) is 132 Å². The van der Waals surface area contributed by atoms with Crippen LogP contribution in [-0.4, -0.2) is 41.8 Å². The Kier molecular flexibility index (Phi) is 9.79. The number of nitrogens with zero attached hydrogens (tertiary/aromatic N) is 4. The van der Waals surface area contributed by atoms with Crippen LogP contribution in [0.2, 0.25) is 0 Å². The molecule has 9 heteroatoms. The SMILES string of the molecule is COS(=O)c1ccccc1.Cc1nn(-c2ccccc2)c2c1C(=O)CCC2.Cc1nn(-c2ccccc2)c2cccc(O)c12. The predicted octanol–water partition coefficient (Wildman–Crippen LogP) is 7.09. The number of aromatic nitrogens is 4. The number of hydrogen-bond donors (Lipinski definition) is 1. The smallest absolute Gasteiger partial charge is 0.188 e. The van der Waals surface area contributed by atoms with Gasteiger partial charge in [0, 0.05) is 6.42 Å². The summed E-state index contributed by atoms with van der Waals surface area (Å²) < 4.78 is 19.3. The van der Waals surface area contributed by atoms with E-state index in [1.54, 1.807) is 18.2 Å². The van der Waals surface area contributed by atoms with Crippen molar-refractivity contribution in [2.45, 2.75) is 38.0 Å². The topological polar surface area (TPSA) is 99.2 Å². The second kappa shape index (κ2) is 14.1. The van der Waals surface area contributed by atoms with Crippen LogP contribution in [0.5, 0.6) is 5.75 Å². The summed E-state index contributed by atoms with van der Waals surface area (Å²) in [6.07, 6.45) is 2.54. The van der Waals surface area contributed by atoms with Crippen LogP contribution in [0.3, 0.4) is 0 Å². The summed E-state index contributed by atoms with van der Waals surface area (Å²) in [4.78, 5) is 12.6. The van der Waals surface area contributed by atoms with Gasteiger partial charge in [0.25, 0.3) is 0 Å². The molecule has 224 valence electrons. The maximum atomic E-state index is 11.9. The molecular weight excluding hydrogens is 572 g/mol. The summed E-state index contributed by atoms with van der Waals surface area (Å²) in [6, 6.07) is 34.4. The number of fused-ring (bicyclic) bond motifs is 2. The lowest BCUT2D eigenvalue weighted by atomic mass is 9.95. The number of ketones is 1. The summed E-state index contributed by atoms with van der Waals surface area (Å²) in [5.41, 5.74) is 6.57. The van der Waals surface area contributed by atoms with Crippen molar-refractivity contribution in [1.82, 2.24) is 19.6 Å². The van der Waals surface area contributed by atoms with Crippen LogP contribution in [0.15, 0.2) is 114 Å². The molecule has 1 atom stereocenters. The van der Waals surface area contributed by atoms with E-state index in [0.717, 1.165) is 57.8 Å². The third-order valence-electron chi connectivity index (χ3n) is 7.20. The average molecular weight is 607 g/mol. The first kappa shape index (κ1) is 30.6. The monoisotopic (exact) mass is 606 g/mol. The minimum atomic E-state index is -1.29. The van der Waals surface area contributed by atoms with Gasteiger partial charge in [-0.25, -0.2) is 13.6 Å². The van der Waals surface area contributed by atoms with E-state index < -0.39 is 11.1 Å². The lowest BCUT2D eigenvalue weighted by Crippen LogP contribution is -2.13. The number of carbonyl (C=O) groups excluding carboxylic acids is 1. The number of carbonyl (C=O) groups is 1. The van der Waals surface area contributed by atoms with Gasteiger partial charge in [-0.1, -0.05) is 60.7 Å². The number of Topliss-reactive ketones (excluding diaryl/α,β-unsaturated/α-hetero) is 1. The highest BCUT2D eigenvalue weighted by molar-refractivity contribution is 7.80. The molecule has 0 saturated carbocycles. The lowest BCUT2D eigenvalue weighted by molar-refractivity contribution is 0.0971. The van der Waals surface area contributed by atoms with Crippen LogP contribution >= 0.6 is 0 Å². The van der Waals surface area contributed by atoms with Crippen molar-refractivity contribution < 1.29 is 18.3 Å². The average Bonchev–Trinajstić information content (AvgIpc) is 3.60. The molecule has 1 unspecified atom stereocenters. The number of para-hydroxylation sites is 2. The Morgan fingerprint density at radius 1 is 0.727 bits per heavy atom. The summed E-state index contributed by atoms with van der Waals surface area (Å²) >= 11 is -1.29. The third kappa shape index (κ3) is 6.69. The third-order valence-corrected chi connectivity index (χ3v) is 8.16. The van der Waals surface area contributed by atoms with E-state index in [-0.39, 0.29) is 11.5 Å². The van der Waals surface area contributed by atoms with Gasteiger partial charge in [0.1, 0.15) is 5.75 Å². The van der Waals surface area contributed by atoms with Crippen molar-refractivity contribution in [3.8, 4) is 17.1 Å². The summed E-state index contributed by atoms with van der Waals surface area (Å²) in [7, 11) is 1.42. The molecule has 44 heavy (non-hydrogen) atoms. The second-order valence-electron chi connectivity index (χ2n) is 10.1. The number of benzene rings is 4. The molecule has 1 aliphatic rings. The van der Waals surface area contributed by atoms with Crippen molar-refractivity contribution in [3.63, 3.8) is 0 Å². The maximum Gasteiger partial charge on any atom is 0.188 e. The van der Waals surface area contributed by atoms with Gasteiger partial charge in [0.2, 0.25) is 0 Å². The standard InChI is InChI=1S/C14H14N2O.C14H12N2O.C7H8O2S/c2*1-10-14-12(8-5-9-13(14)17)16(15-10)11-6-3-2-4-7-11;1-9-10(8)7-5-3-2-4-6-7/h2-4,6-7H,5,8-9H2,1H3;2-9,17H,1H3;2-6H,1H3. The van der Waals surface area contributed by atoms with E-state index in [0.29, 0.717) is 11.3 Å². The fourth-order valence-corrected chi connectivity index (χ4v) is 5.79. The quantitative estimate of drug-likeness (QED) is 0.230. The molecule has 0 amide bonds. The van der Waals surface area contributed by atoms with Gasteiger partial charge in [0.05, 0.1) is 56.9 Å². The summed E-state index contributed by atoms with van der Waals surface area (Å²) in [5, 5.41) is 19.7. The zero-order valence-corrected chi connectivity index (χ0v) is 25.7. The van der Waals surface area contributed by atoms with E-state index in [1.165, 1.54) is 7.11 Å². The normalized spacial score (nSPS) is 12.8. The number of phenols is 1. The van der Waals surface area contributed by atoms with Crippen molar-refractivity contribution in [2.75, 3.05) is 7.11 Å². The molecule has 0 radical (unpaired) electrons. The van der Waals surface area contributed by atoms with E-state index >= 15 is 0 Å². The fraction of sp³-hybridized carbons (Fsp3) is 0.171. The summed E-state index contributed by atoms with van der Waals surface area (Å²) in [5.74, 6) is 0.521. The first-order valence-corrected chi connectivity index (χ1v) is 15.4. The van der Waals surface area contributed by atoms with Gasteiger partial charge in [-0.2, -0.15) is 10.2 Å². The molecule has 2 aromatic heterocycles. The van der Waals surface area contributed by atoms with Crippen molar-refractivity contribution in [1.29, 1.82) is 0 Å². The molecule has 0 saturated heterocycles. The molecule has 0 bridgehead atoms. The molecule has 6 aromatic rings. The van der Waals surface area contributed by atoms with Gasteiger partial charge in [-0.3, -0.25) is 8.98 Å². The van der Waals surface area contributed by atoms with E-state index in [4.69, 9.17) is 0 Å². The van der Waals surface area contributed by atoms with E-state index in [9.17, 15) is 14.1 Å². The van der Waals surface area contributed by atoms with Gasteiger partial charge < -0.3 is 5.11 Å². The van der Waals surface area contributed by atoms with E-state index in [2.05, 4.69) is 14.4 Å². The van der Waals surface area contributed by atoms with Gasteiger partial charge in [-0.05, 0) is 75.2 Å². The molecular formula is C35H34N4O4S. The molecule has 1 N–H and O–H groups in total. The van der Waals surface area contributed by atoms with Crippen LogP contribution in [0.4, 0.5) is 0 Å². The van der Waals surface area contributed by atoms with Gasteiger partial charge in [0.15, 0.2) is 16.9 Å². The highest BCUT2D eigenvalue weighted by Crippen LogP contribution is 2.29. The zero-order valence-electron chi connectivity index (χ0n) is 24.9. The Morgan fingerprint density at radius 2 is 1.30 bits per heavy atom. The van der Waals surface area contributed by atoms with Crippen LogP contribution < -0.4 is 0 Å². The Hall–Kier alpha value is -4.86. The minimum Gasteiger partial charge on any atom is -0.507 e. The second-order valence-corrected chi connectivity index (χ2v) is 11.4. The largest absolute Gasteiger partial charge is 0.507 e. The zero-order chi connectivity index (χ0) is 31.1. The first-order valence-electron chi connectivity index (χ1n) is 14.3. The minimum absolute atomic E-state index is 0.242. The molecule has 2 heterocycles. The van der Waals surface area contributed by atoms with Crippen LogP contribution in [0.25, 0.3) is 22.3 Å². The number of rotatable bonds is 4. The maximum absolute atomic E-state index is 11.9. The Labute approximate surface area is 259 Å². The first-order chi connectivity index (χ1) is 21.4. The molecule has 8 nitrogen and oxygen atoms in total. The van der Waals surface area contributed by atoms with Crippen LogP contribution in [-0.2, 0) is 21.7 Å². The molecule has 7 rings (SSSR count). The number of aromatic hydroxyl groups is 1. The Balaban J connectivity index is 0.000000136. The highest BCUT2D eigenvalue weighted by atomic mass is 32.2. The highest BCUT2D eigenvalue weighted by Gasteiger charge is 2.25. The molecule has 0 spiro atoms. The van der Waals surface area contributed by atoms with Crippen LogP contribution in [0, 0.1) is 13.8 Å². The van der Waals surface area contributed by atoms with Gasteiger partial charge in [-0.15, -0.1) is 0 Å². The summed E-state index contributed by atoms with van der Waals surface area (Å²) in [6.45, 7) is 3.82. The Morgan fingerprint density at radius 3 is 1.91 bits per heavy atom. The molecule has 4 aromatic carbocycles. The van der Waals surface area contributed by atoms with E-state index in [1.807, 2.05) is 114 Å². The predicted molar refractivity (Wildman–Crippen MR) is 173 cm³/mol. The number of hydrogen-bond acceptors (Lipinski definition) is 6. The lowest BCUT2D eigenvalue weighted by Gasteiger charge is -2.13. The Bertz CT molecular complexity index is 1880. The molecule has 0 aliphatic heterocycles. The van der Waals surface area contributed by atoms with Crippen LogP contribution in [0.1, 0.15) is 40.3 Å². The molecule has 1 aliphatic carbocycles.